The van der Waals surface area contributed by atoms with E-state index in [1.165, 1.54) is 12.1 Å². The van der Waals surface area contributed by atoms with Crippen LogP contribution in [-0.4, -0.2) is 50.6 Å². The Morgan fingerprint density at radius 3 is 2.64 bits per heavy atom. The van der Waals surface area contributed by atoms with E-state index in [1.54, 1.807) is 44.2 Å². The van der Waals surface area contributed by atoms with Gasteiger partial charge in [-0.05, 0) is 42.0 Å². The average Bonchev–Trinajstić information content (AvgIpc) is 2.72. The zero-order valence-electron chi connectivity index (χ0n) is 16.3. The number of benzene rings is 1. The molecule has 0 fully saturated rings. The average molecular weight is 407 g/mol. The van der Waals surface area contributed by atoms with Crippen molar-refractivity contribution in [3.63, 3.8) is 0 Å². The summed E-state index contributed by atoms with van der Waals surface area (Å²) in [6, 6.07) is 10.4. The molecule has 152 valence electrons. The number of methoxy groups -OCH3 is 1. The van der Waals surface area contributed by atoms with Crippen molar-refractivity contribution in [2.45, 2.75) is 17.9 Å². The third kappa shape index (κ3) is 8.58. The predicted molar refractivity (Wildman–Crippen MR) is 112 cm³/mol. The van der Waals surface area contributed by atoms with Crippen LogP contribution in [0.25, 0.3) is 0 Å². The smallest absolute Gasteiger partial charge is 0.213 e. The number of rotatable bonds is 11. The van der Waals surface area contributed by atoms with E-state index in [-0.39, 0.29) is 5.82 Å². The molecule has 0 radical (unpaired) electrons. The molecule has 1 aromatic carbocycles. The summed E-state index contributed by atoms with van der Waals surface area (Å²) >= 11 is 1.71. The molecule has 0 saturated heterocycles. The van der Waals surface area contributed by atoms with E-state index in [0.29, 0.717) is 25.6 Å². The standard InChI is InChI=1S/C20H27FN4O2S/c1-22-20(23-10-3-13-28-18-7-5-17(21)6-8-18)25-15-16-4-9-19(24-14-16)27-12-11-26-2/h4-9,14H,3,10-13,15H2,1-2H3,(H2,22,23,25). The molecule has 0 spiro atoms. The van der Waals surface area contributed by atoms with E-state index in [4.69, 9.17) is 9.47 Å². The molecular weight excluding hydrogens is 379 g/mol. The minimum absolute atomic E-state index is 0.204. The fourth-order valence-corrected chi connectivity index (χ4v) is 3.09. The summed E-state index contributed by atoms with van der Waals surface area (Å²) in [4.78, 5) is 9.57. The molecule has 0 aliphatic heterocycles. The fourth-order valence-electron chi connectivity index (χ4n) is 2.24. The van der Waals surface area contributed by atoms with Crippen LogP contribution in [-0.2, 0) is 11.3 Å². The van der Waals surface area contributed by atoms with E-state index in [0.717, 1.165) is 35.1 Å². The van der Waals surface area contributed by atoms with Gasteiger partial charge in [-0.2, -0.15) is 0 Å². The highest BCUT2D eigenvalue weighted by atomic mass is 32.2. The molecule has 1 heterocycles. The van der Waals surface area contributed by atoms with Crippen LogP contribution in [0, 0.1) is 5.82 Å². The normalized spacial score (nSPS) is 11.3. The SMILES string of the molecule is CN=C(NCCCSc1ccc(F)cc1)NCc1ccc(OCCOC)nc1. The van der Waals surface area contributed by atoms with Gasteiger partial charge in [0.25, 0.3) is 0 Å². The summed E-state index contributed by atoms with van der Waals surface area (Å²) in [5.74, 6) is 2.07. The van der Waals surface area contributed by atoms with Crippen molar-refractivity contribution >= 4 is 17.7 Å². The highest BCUT2D eigenvalue weighted by Crippen LogP contribution is 2.18. The van der Waals surface area contributed by atoms with Crippen LogP contribution >= 0.6 is 11.8 Å². The van der Waals surface area contributed by atoms with Crippen LogP contribution in [0.15, 0.2) is 52.5 Å². The Kier molecular flexibility index (Phi) is 10.2. The maximum Gasteiger partial charge on any atom is 0.213 e. The highest BCUT2D eigenvalue weighted by molar-refractivity contribution is 7.99. The zero-order chi connectivity index (χ0) is 20.0. The molecule has 0 unspecified atom stereocenters. The van der Waals surface area contributed by atoms with Crippen LogP contribution in [0.4, 0.5) is 4.39 Å². The number of nitrogens with zero attached hydrogens (tertiary/aromatic N) is 2. The second kappa shape index (κ2) is 13.0. The summed E-state index contributed by atoms with van der Waals surface area (Å²) in [7, 11) is 3.38. The molecule has 0 atom stereocenters. The Bertz CT molecular complexity index is 711. The number of thioether (sulfide) groups is 1. The van der Waals surface area contributed by atoms with E-state index >= 15 is 0 Å². The Labute approximate surface area is 170 Å². The summed E-state index contributed by atoms with van der Waals surface area (Å²) in [5, 5.41) is 6.55. The molecule has 2 aromatic rings. The van der Waals surface area contributed by atoms with Gasteiger partial charge in [-0.25, -0.2) is 9.37 Å². The number of hydrogen-bond acceptors (Lipinski definition) is 5. The van der Waals surface area contributed by atoms with Gasteiger partial charge in [0.05, 0.1) is 6.61 Å². The number of aromatic nitrogens is 1. The van der Waals surface area contributed by atoms with Crippen LogP contribution in [0.2, 0.25) is 0 Å². The van der Waals surface area contributed by atoms with Gasteiger partial charge in [0.15, 0.2) is 5.96 Å². The van der Waals surface area contributed by atoms with E-state index < -0.39 is 0 Å². The van der Waals surface area contributed by atoms with Gasteiger partial charge in [0.1, 0.15) is 12.4 Å². The molecule has 1 aromatic heterocycles. The van der Waals surface area contributed by atoms with Gasteiger partial charge >= 0.3 is 0 Å². The van der Waals surface area contributed by atoms with Crippen LogP contribution in [0.5, 0.6) is 5.88 Å². The highest BCUT2D eigenvalue weighted by Gasteiger charge is 2.01. The minimum atomic E-state index is -0.204. The number of guanidine groups is 1. The van der Waals surface area contributed by atoms with Crippen molar-refractivity contribution in [2.75, 3.05) is 39.7 Å². The maximum atomic E-state index is 12.9. The fraction of sp³-hybridized carbons (Fsp3) is 0.400. The topological polar surface area (TPSA) is 67.8 Å². The molecule has 0 amide bonds. The monoisotopic (exact) mass is 406 g/mol. The lowest BCUT2D eigenvalue weighted by molar-refractivity contribution is 0.143. The number of halogens is 1. The first kappa shape index (κ1) is 22.0. The number of ether oxygens (including phenoxy) is 2. The van der Waals surface area contributed by atoms with Gasteiger partial charge in [-0.3, -0.25) is 4.99 Å². The Balaban J connectivity index is 1.62. The quantitative estimate of drug-likeness (QED) is 0.259. The lowest BCUT2D eigenvalue weighted by Crippen LogP contribution is -2.37. The van der Waals surface area contributed by atoms with Gasteiger partial charge in [0, 0.05) is 44.4 Å². The van der Waals surface area contributed by atoms with Gasteiger partial charge in [-0.15, -0.1) is 11.8 Å². The first-order valence-electron chi connectivity index (χ1n) is 9.11. The van der Waals surface area contributed by atoms with Crippen LogP contribution < -0.4 is 15.4 Å². The molecule has 28 heavy (non-hydrogen) atoms. The van der Waals surface area contributed by atoms with Crippen molar-refractivity contribution in [1.29, 1.82) is 0 Å². The molecule has 2 rings (SSSR count). The minimum Gasteiger partial charge on any atom is -0.475 e. The molecule has 0 aliphatic carbocycles. The van der Waals surface area contributed by atoms with Crippen molar-refractivity contribution in [3.8, 4) is 5.88 Å². The first-order chi connectivity index (χ1) is 13.7. The predicted octanol–water partition coefficient (Wildman–Crippen LogP) is 3.09. The number of pyridine rings is 1. The molecule has 0 saturated carbocycles. The van der Waals surface area contributed by atoms with Crippen LogP contribution in [0.3, 0.4) is 0 Å². The third-order valence-electron chi connectivity index (χ3n) is 3.71. The Hall–Kier alpha value is -2.32. The number of aliphatic imine (C=N–C) groups is 1. The van der Waals surface area contributed by atoms with Gasteiger partial charge < -0.3 is 20.1 Å². The van der Waals surface area contributed by atoms with Crippen molar-refractivity contribution in [1.82, 2.24) is 15.6 Å². The number of hydrogen-bond donors (Lipinski definition) is 2. The van der Waals surface area contributed by atoms with Crippen molar-refractivity contribution in [2.24, 2.45) is 4.99 Å². The molecule has 0 aliphatic rings. The molecule has 6 nitrogen and oxygen atoms in total. The molecule has 8 heteroatoms. The molecular formula is C20H27FN4O2S. The number of nitrogens with one attached hydrogen (secondary N) is 2. The second-order valence-corrected chi connectivity index (χ2v) is 7.02. The van der Waals surface area contributed by atoms with E-state index in [1.807, 2.05) is 12.1 Å². The van der Waals surface area contributed by atoms with Gasteiger partial charge in [0.2, 0.25) is 5.88 Å². The van der Waals surface area contributed by atoms with Crippen molar-refractivity contribution in [3.05, 3.63) is 54.0 Å². The van der Waals surface area contributed by atoms with E-state index in [2.05, 4.69) is 20.6 Å². The molecule has 2 N–H and O–H groups in total. The van der Waals surface area contributed by atoms with E-state index in [9.17, 15) is 4.39 Å². The third-order valence-corrected chi connectivity index (χ3v) is 4.81. The maximum absolute atomic E-state index is 12.9. The summed E-state index contributed by atoms with van der Waals surface area (Å²) in [6.45, 7) is 2.44. The molecule has 0 bridgehead atoms. The lowest BCUT2D eigenvalue weighted by atomic mass is 10.3. The second-order valence-electron chi connectivity index (χ2n) is 5.85. The Morgan fingerprint density at radius 1 is 1.14 bits per heavy atom. The Morgan fingerprint density at radius 2 is 1.96 bits per heavy atom. The summed E-state index contributed by atoms with van der Waals surface area (Å²) < 4.78 is 23.3. The summed E-state index contributed by atoms with van der Waals surface area (Å²) in [5.41, 5.74) is 1.04. The first-order valence-corrected chi connectivity index (χ1v) is 10.1. The van der Waals surface area contributed by atoms with Crippen molar-refractivity contribution < 1.29 is 13.9 Å². The van der Waals surface area contributed by atoms with Gasteiger partial charge in [-0.1, -0.05) is 6.07 Å². The lowest BCUT2D eigenvalue weighted by Gasteiger charge is -2.12. The largest absolute Gasteiger partial charge is 0.475 e. The zero-order valence-corrected chi connectivity index (χ0v) is 17.1. The summed E-state index contributed by atoms with van der Waals surface area (Å²) in [6.07, 6.45) is 2.75. The van der Waals surface area contributed by atoms with Crippen LogP contribution in [0.1, 0.15) is 12.0 Å².